The third kappa shape index (κ3) is 5.85. The van der Waals surface area contributed by atoms with Crippen LogP contribution in [0.25, 0.3) is 6.08 Å². The molecule has 2 N–H and O–H groups in total. The van der Waals surface area contributed by atoms with E-state index in [2.05, 4.69) is 10.6 Å². The molecule has 0 bridgehead atoms. The standard InChI is InChI=1S/C25H26N2O4/c1-17-10-11-20(15-18(17)2)24(28)27-22(16-21-8-6-14-31-21)25(29)26-13-12-19-7-4-5-9-23(19)30-3/h4-11,14-16H,12-13H2,1-3H3,(H,26,29)(H,27,28)/b22-16+. The zero-order valence-electron chi connectivity index (χ0n) is 17.9. The van der Waals surface area contributed by atoms with E-state index in [1.165, 1.54) is 12.3 Å². The minimum Gasteiger partial charge on any atom is -0.496 e. The first-order valence-electron chi connectivity index (χ1n) is 10.0. The quantitative estimate of drug-likeness (QED) is 0.541. The number of benzene rings is 2. The molecule has 0 spiro atoms. The van der Waals surface area contributed by atoms with E-state index in [9.17, 15) is 9.59 Å². The number of amides is 2. The van der Waals surface area contributed by atoms with Gasteiger partial charge in [-0.15, -0.1) is 0 Å². The SMILES string of the molecule is COc1ccccc1CCNC(=O)/C(=C\c1ccco1)NC(=O)c1ccc(C)c(C)c1. The molecular weight excluding hydrogens is 392 g/mol. The summed E-state index contributed by atoms with van der Waals surface area (Å²) < 4.78 is 10.7. The number of hydrogen-bond acceptors (Lipinski definition) is 4. The molecule has 0 aliphatic rings. The van der Waals surface area contributed by atoms with E-state index in [4.69, 9.17) is 9.15 Å². The van der Waals surface area contributed by atoms with Crippen molar-refractivity contribution in [3.05, 3.63) is 94.6 Å². The molecule has 0 aliphatic heterocycles. The Hall–Kier alpha value is -3.80. The molecule has 2 amide bonds. The molecule has 1 heterocycles. The van der Waals surface area contributed by atoms with Gasteiger partial charge in [0.05, 0.1) is 13.4 Å². The van der Waals surface area contributed by atoms with Crippen molar-refractivity contribution in [2.45, 2.75) is 20.3 Å². The maximum absolute atomic E-state index is 12.8. The third-order valence-electron chi connectivity index (χ3n) is 4.96. The van der Waals surface area contributed by atoms with Crippen molar-refractivity contribution in [2.24, 2.45) is 0 Å². The van der Waals surface area contributed by atoms with Gasteiger partial charge in [-0.1, -0.05) is 24.3 Å². The second-order valence-corrected chi connectivity index (χ2v) is 7.14. The molecule has 6 heteroatoms. The predicted molar refractivity (Wildman–Crippen MR) is 120 cm³/mol. The van der Waals surface area contributed by atoms with Gasteiger partial charge in [-0.2, -0.15) is 0 Å². The lowest BCUT2D eigenvalue weighted by atomic mass is 10.1. The lowest BCUT2D eigenvalue weighted by Crippen LogP contribution is -2.35. The molecule has 160 valence electrons. The summed E-state index contributed by atoms with van der Waals surface area (Å²) in [4.78, 5) is 25.6. The Bertz CT molecular complexity index is 1080. The highest BCUT2D eigenvalue weighted by atomic mass is 16.5. The van der Waals surface area contributed by atoms with E-state index in [1.807, 2.05) is 44.2 Å². The zero-order chi connectivity index (χ0) is 22.2. The predicted octanol–water partition coefficient (Wildman–Crippen LogP) is 4.03. The number of ether oxygens (including phenoxy) is 1. The van der Waals surface area contributed by atoms with Crippen LogP contribution in [0.1, 0.15) is 32.8 Å². The molecule has 6 nitrogen and oxygen atoms in total. The van der Waals surface area contributed by atoms with Crippen molar-refractivity contribution in [1.82, 2.24) is 10.6 Å². The van der Waals surface area contributed by atoms with Gasteiger partial charge in [0.15, 0.2) is 0 Å². The van der Waals surface area contributed by atoms with E-state index in [1.54, 1.807) is 31.4 Å². The van der Waals surface area contributed by atoms with Crippen LogP contribution >= 0.6 is 0 Å². The zero-order valence-corrected chi connectivity index (χ0v) is 17.9. The number of carbonyl (C=O) groups excluding carboxylic acids is 2. The normalized spacial score (nSPS) is 11.1. The fourth-order valence-electron chi connectivity index (χ4n) is 3.07. The van der Waals surface area contributed by atoms with Gasteiger partial charge < -0.3 is 19.8 Å². The summed E-state index contributed by atoms with van der Waals surface area (Å²) in [5, 5.41) is 5.57. The van der Waals surface area contributed by atoms with Crippen LogP contribution < -0.4 is 15.4 Å². The van der Waals surface area contributed by atoms with Crippen LogP contribution in [0.5, 0.6) is 5.75 Å². The van der Waals surface area contributed by atoms with Gasteiger partial charge in [0.1, 0.15) is 17.2 Å². The highest BCUT2D eigenvalue weighted by Crippen LogP contribution is 2.17. The average molecular weight is 418 g/mol. The van der Waals surface area contributed by atoms with Crippen LogP contribution in [0, 0.1) is 13.8 Å². The Morgan fingerprint density at radius 2 is 1.84 bits per heavy atom. The molecule has 0 unspecified atom stereocenters. The first-order valence-corrected chi connectivity index (χ1v) is 10.0. The molecule has 1 aromatic heterocycles. The van der Waals surface area contributed by atoms with Gasteiger partial charge in [-0.05, 0) is 67.3 Å². The van der Waals surface area contributed by atoms with Gasteiger partial charge >= 0.3 is 0 Å². The molecule has 3 aromatic rings. The molecule has 2 aromatic carbocycles. The van der Waals surface area contributed by atoms with Gasteiger partial charge in [-0.25, -0.2) is 0 Å². The van der Waals surface area contributed by atoms with E-state index >= 15 is 0 Å². The highest BCUT2D eigenvalue weighted by Gasteiger charge is 2.16. The Morgan fingerprint density at radius 3 is 2.55 bits per heavy atom. The molecule has 0 radical (unpaired) electrons. The summed E-state index contributed by atoms with van der Waals surface area (Å²) in [6.45, 7) is 4.30. The first kappa shape index (κ1) is 21.9. The molecule has 0 atom stereocenters. The molecule has 3 rings (SSSR count). The summed E-state index contributed by atoms with van der Waals surface area (Å²) in [6, 6.07) is 16.5. The van der Waals surface area contributed by atoms with E-state index in [0.29, 0.717) is 24.3 Å². The summed E-state index contributed by atoms with van der Waals surface area (Å²) >= 11 is 0. The van der Waals surface area contributed by atoms with Crippen LogP contribution in [0.15, 0.2) is 71.0 Å². The molecule has 0 saturated carbocycles. The van der Waals surface area contributed by atoms with Crippen LogP contribution in [-0.4, -0.2) is 25.5 Å². The topological polar surface area (TPSA) is 80.6 Å². The first-order chi connectivity index (χ1) is 15.0. The summed E-state index contributed by atoms with van der Waals surface area (Å²) in [5.41, 5.74) is 3.68. The lowest BCUT2D eigenvalue weighted by Gasteiger charge is -2.12. The monoisotopic (exact) mass is 418 g/mol. The Labute approximate surface area is 181 Å². The maximum atomic E-state index is 12.8. The van der Waals surface area contributed by atoms with Crippen molar-refractivity contribution in [3.63, 3.8) is 0 Å². The molecule has 0 fully saturated rings. The van der Waals surface area contributed by atoms with Crippen LogP contribution in [0.2, 0.25) is 0 Å². The number of carbonyl (C=O) groups is 2. The third-order valence-corrected chi connectivity index (χ3v) is 4.96. The van der Waals surface area contributed by atoms with Gasteiger partial charge in [0.25, 0.3) is 11.8 Å². The fraction of sp³-hybridized carbons (Fsp3) is 0.200. The van der Waals surface area contributed by atoms with Gasteiger partial charge in [-0.3, -0.25) is 9.59 Å². The Morgan fingerprint density at radius 1 is 1.03 bits per heavy atom. The van der Waals surface area contributed by atoms with Gasteiger partial charge in [0, 0.05) is 18.2 Å². The maximum Gasteiger partial charge on any atom is 0.267 e. The fourth-order valence-corrected chi connectivity index (χ4v) is 3.07. The summed E-state index contributed by atoms with van der Waals surface area (Å²) in [5.74, 6) is 0.477. The average Bonchev–Trinajstić information content (AvgIpc) is 3.28. The summed E-state index contributed by atoms with van der Waals surface area (Å²) in [6.07, 6.45) is 3.61. The smallest absolute Gasteiger partial charge is 0.267 e. The number of methoxy groups -OCH3 is 1. The van der Waals surface area contributed by atoms with Crippen LogP contribution in [-0.2, 0) is 11.2 Å². The second-order valence-electron chi connectivity index (χ2n) is 7.14. The lowest BCUT2D eigenvalue weighted by molar-refractivity contribution is -0.117. The number of aryl methyl sites for hydroxylation is 2. The number of hydrogen-bond donors (Lipinski definition) is 2. The van der Waals surface area contributed by atoms with Crippen molar-refractivity contribution in [2.75, 3.05) is 13.7 Å². The number of furan rings is 1. The van der Waals surface area contributed by atoms with E-state index in [0.717, 1.165) is 22.4 Å². The molecule has 0 aliphatic carbocycles. The summed E-state index contributed by atoms with van der Waals surface area (Å²) in [7, 11) is 1.62. The molecule has 31 heavy (non-hydrogen) atoms. The van der Waals surface area contributed by atoms with Crippen molar-refractivity contribution < 1.29 is 18.7 Å². The van der Waals surface area contributed by atoms with Crippen molar-refractivity contribution >= 4 is 17.9 Å². The minimum atomic E-state index is -0.400. The molecule has 0 saturated heterocycles. The van der Waals surface area contributed by atoms with E-state index < -0.39 is 5.91 Å². The largest absolute Gasteiger partial charge is 0.496 e. The van der Waals surface area contributed by atoms with Crippen LogP contribution in [0.4, 0.5) is 0 Å². The second kappa shape index (κ2) is 10.3. The van der Waals surface area contributed by atoms with Crippen molar-refractivity contribution in [3.8, 4) is 5.75 Å². The van der Waals surface area contributed by atoms with Crippen LogP contribution in [0.3, 0.4) is 0 Å². The van der Waals surface area contributed by atoms with E-state index in [-0.39, 0.29) is 11.6 Å². The molecular formula is C25H26N2O4. The highest BCUT2D eigenvalue weighted by molar-refractivity contribution is 6.05. The van der Waals surface area contributed by atoms with Crippen molar-refractivity contribution in [1.29, 1.82) is 0 Å². The van der Waals surface area contributed by atoms with Gasteiger partial charge in [0.2, 0.25) is 0 Å². The number of para-hydroxylation sites is 1. The number of rotatable bonds is 8. The Balaban J connectivity index is 1.71. The number of nitrogens with one attached hydrogen (secondary N) is 2. The minimum absolute atomic E-state index is 0.109. The Kier molecular flexibility index (Phi) is 7.27.